The Bertz CT molecular complexity index is 1600. The molecule has 0 unspecified atom stereocenters. The van der Waals surface area contributed by atoms with Gasteiger partial charge in [0.15, 0.2) is 0 Å². The van der Waals surface area contributed by atoms with Crippen LogP contribution in [0.5, 0.6) is 0 Å². The van der Waals surface area contributed by atoms with Gasteiger partial charge in [-0.3, -0.25) is 0 Å². The van der Waals surface area contributed by atoms with Gasteiger partial charge in [0.05, 0.1) is 0 Å². The Hall–Kier alpha value is -3.00. The molecule has 2 heterocycles. The summed E-state index contributed by atoms with van der Waals surface area (Å²) in [7, 11) is 0. The molecule has 2 aliphatic heterocycles. The SMILES string of the molecule is CCCCCCCCCCCC(=O)N[C@H]1CCC(=O)[O][Bi]([O]C(=O)CC[C@H](NC(=O)CCCCCCCCCCC)C(=O)[O][Bi]2[O]C(=O)CC[C@@H](NC(=O)CCCCCCCCCCC)C(=O)[O]2)[O]C1=O. The van der Waals surface area contributed by atoms with Crippen LogP contribution in [0.1, 0.15) is 252 Å². The van der Waals surface area contributed by atoms with Crippen LogP contribution in [0.3, 0.4) is 0 Å². The minimum atomic E-state index is -4.70. The molecule has 0 aromatic heterocycles. The van der Waals surface area contributed by atoms with Crippen LogP contribution in [0, 0.1) is 0 Å². The van der Waals surface area contributed by atoms with E-state index in [2.05, 4.69) is 36.7 Å². The first-order chi connectivity index (χ1) is 34.3. The van der Waals surface area contributed by atoms with Crippen molar-refractivity contribution in [1.29, 1.82) is 0 Å². The number of carbonyl (C=O) groups excluding carboxylic acids is 9. The summed E-state index contributed by atoms with van der Waals surface area (Å²) in [5, 5.41) is 7.87. The number of hydrogen-bond donors (Lipinski definition) is 3. The number of carbonyl (C=O) groups is 9. The topological polar surface area (TPSA) is 245 Å². The van der Waals surface area contributed by atoms with E-state index in [1.807, 2.05) is 0 Å². The van der Waals surface area contributed by atoms with E-state index in [1.54, 1.807) is 0 Å². The van der Waals surface area contributed by atoms with Crippen LogP contribution in [0.2, 0.25) is 0 Å². The average Bonchev–Trinajstić information content (AvgIpc) is 3.32. The summed E-state index contributed by atoms with van der Waals surface area (Å²) in [4.78, 5) is 117. The Labute approximate surface area is 442 Å². The second-order valence-corrected chi connectivity index (χ2v) is 26.5. The number of nitrogens with one attached hydrogen (secondary N) is 3. The van der Waals surface area contributed by atoms with Crippen molar-refractivity contribution in [2.75, 3.05) is 0 Å². The van der Waals surface area contributed by atoms with Crippen LogP contribution in [-0.2, 0) is 60.0 Å². The predicted octanol–water partition coefficient (Wildman–Crippen LogP) is 8.80. The molecule has 3 N–H and O–H groups in total. The predicted molar refractivity (Wildman–Crippen MR) is 267 cm³/mol. The van der Waals surface area contributed by atoms with E-state index in [0.29, 0.717) is 19.3 Å². The van der Waals surface area contributed by atoms with Gasteiger partial charge in [0, 0.05) is 0 Å². The fourth-order valence-corrected chi connectivity index (χ4v) is 15.1. The van der Waals surface area contributed by atoms with Gasteiger partial charge >= 0.3 is 367 Å². The molecule has 0 aliphatic carbocycles. The minimum absolute atomic E-state index is 0.0552. The summed E-state index contributed by atoms with van der Waals surface area (Å²) in [5.41, 5.74) is 0. The Morgan fingerprint density at radius 2 is 0.803 bits per heavy atom. The van der Waals surface area contributed by atoms with Crippen molar-refractivity contribution in [3.63, 3.8) is 0 Å². The third-order valence-electron chi connectivity index (χ3n) is 12.3. The second-order valence-electron chi connectivity index (χ2n) is 18.8. The molecule has 0 radical (unpaired) electrons. The third-order valence-corrected chi connectivity index (χ3v) is 20.3. The van der Waals surface area contributed by atoms with Gasteiger partial charge in [-0.05, 0) is 0 Å². The molecule has 0 spiro atoms. The molecule has 18 nitrogen and oxygen atoms in total. The van der Waals surface area contributed by atoms with Crippen LogP contribution < -0.4 is 16.0 Å². The first-order valence-electron chi connectivity index (χ1n) is 27.1. The molecule has 71 heavy (non-hydrogen) atoms. The monoisotopic (exact) mass is 1400 g/mol. The molecule has 0 bridgehead atoms. The van der Waals surface area contributed by atoms with Gasteiger partial charge in [-0.15, -0.1) is 0 Å². The van der Waals surface area contributed by atoms with Crippen molar-refractivity contribution in [2.45, 2.75) is 270 Å². The first-order valence-corrected chi connectivity index (χ1v) is 35.6. The molecule has 2 fully saturated rings. The van der Waals surface area contributed by atoms with Crippen LogP contribution in [0.4, 0.5) is 0 Å². The third kappa shape index (κ3) is 32.7. The van der Waals surface area contributed by atoms with Gasteiger partial charge in [-0.1, -0.05) is 78.6 Å². The van der Waals surface area contributed by atoms with Crippen LogP contribution in [0.25, 0.3) is 0 Å². The molecular weight excluding hydrogens is 1310 g/mol. The molecule has 3 amide bonds. The fraction of sp³-hybridized carbons (Fsp3) is 0.824. The standard InChI is InChI=1S/3C17H31NO5.2Bi/c3*1-2-3-4-5-6-7-8-9-10-11-15(19)18-14(17(22)23)12-13-16(20)21;;/h3*14H,2-13H2,1H3,(H,18,19)(H,20,21)(H,22,23);;/q;;;2*+3/p-6/t3*14-;;/m100../s1. The molecule has 0 aromatic carbocycles. The summed E-state index contributed by atoms with van der Waals surface area (Å²) in [6, 6.07) is -3.78. The van der Waals surface area contributed by atoms with Crippen molar-refractivity contribution in [2.24, 2.45) is 0 Å². The van der Waals surface area contributed by atoms with Crippen LogP contribution in [0.15, 0.2) is 0 Å². The van der Waals surface area contributed by atoms with Gasteiger partial charge in [-0.25, -0.2) is 0 Å². The van der Waals surface area contributed by atoms with Crippen LogP contribution in [-0.4, -0.2) is 118 Å². The van der Waals surface area contributed by atoms with E-state index >= 15 is 0 Å². The molecule has 406 valence electrons. The van der Waals surface area contributed by atoms with E-state index in [-0.39, 0.29) is 56.8 Å². The van der Waals surface area contributed by atoms with Crippen molar-refractivity contribution in [3.8, 4) is 0 Å². The maximum atomic E-state index is 13.7. The summed E-state index contributed by atoms with van der Waals surface area (Å²) in [5.74, 6) is -6.68. The molecule has 0 saturated carbocycles. The number of rotatable bonds is 39. The summed E-state index contributed by atoms with van der Waals surface area (Å²) >= 11 is -9.27. The number of amides is 3. The molecular formula is C51H87Bi2N3O15. The van der Waals surface area contributed by atoms with E-state index < -0.39 is 119 Å². The van der Waals surface area contributed by atoms with Crippen LogP contribution >= 0.6 is 0 Å². The summed E-state index contributed by atoms with van der Waals surface area (Å²) < 4.78 is 32.2. The van der Waals surface area contributed by atoms with Crippen molar-refractivity contribution in [3.05, 3.63) is 0 Å². The van der Waals surface area contributed by atoms with Gasteiger partial charge in [0.25, 0.3) is 0 Å². The Morgan fingerprint density at radius 3 is 1.18 bits per heavy atom. The van der Waals surface area contributed by atoms with E-state index in [4.69, 9.17) is 16.9 Å². The maximum absolute atomic E-state index is 13.7. The second kappa shape index (κ2) is 41.4. The molecule has 0 aromatic rings. The average molecular weight is 1400 g/mol. The number of hydrogen-bond acceptors (Lipinski definition) is 15. The fourth-order valence-electron chi connectivity index (χ4n) is 8.03. The quantitative estimate of drug-likeness (QED) is 0.0385. The summed E-state index contributed by atoms with van der Waals surface area (Å²) in [6.07, 6.45) is 27.5. The zero-order valence-corrected chi connectivity index (χ0v) is 50.2. The van der Waals surface area contributed by atoms with Crippen molar-refractivity contribution < 1.29 is 60.0 Å². The number of unbranched alkanes of at least 4 members (excludes halogenated alkanes) is 24. The molecule has 20 heteroatoms. The Balaban J connectivity index is 1.99. The van der Waals surface area contributed by atoms with E-state index in [1.165, 1.54) is 83.5 Å². The summed E-state index contributed by atoms with van der Waals surface area (Å²) in [6.45, 7) is 6.52. The molecule has 2 saturated heterocycles. The Kier molecular flexibility index (Phi) is 37.3. The van der Waals surface area contributed by atoms with Crippen molar-refractivity contribution in [1.82, 2.24) is 16.0 Å². The zero-order chi connectivity index (χ0) is 51.9. The van der Waals surface area contributed by atoms with Crippen molar-refractivity contribution >= 4 is 99.7 Å². The molecule has 3 atom stereocenters. The Morgan fingerprint density at radius 1 is 0.465 bits per heavy atom. The normalized spacial score (nSPS) is 17.2. The molecule has 2 aliphatic rings. The van der Waals surface area contributed by atoms with E-state index in [0.717, 1.165) is 70.6 Å². The van der Waals surface area contributed by atoms with Gasteiger partial charge in [0.1, 0.15) is 0 Å². The van der Waals surface area contributed by atoms with E-state index in [9.17, 15) is 43.2 Å². The molecule has 2 rings (SSSR count). The van der Waals surface area contributed by atoms with Gasteiger partial charge in [-0.2, -0.15) is 0 Å². The van der Waals surface area contributed by atoms with Gasteiger partial charge in [0.2, 0.25) is 0 Å². The van der Waals surface area contributed by atoms with Gasteiger partial charge < -0.3 is 0 Å². The zero-order valence-electron chi connectivity index (χ0n) is 43.2. The first kappa shape index (κ1) is 64.1.